The highest BCUT2D eigenvalue weighted by molar-refractivity contribution is 6.07. The Hall–Kier alpha value is -2.89. The quantitative estimate of drug-likeness (QED) is 0.519. The van der Waals surface area contributed by atoms with Crippen LogP contribution in [-0.2, 0) is 4.74 Å². The lowest BCUT2D eigenvalue weighted by Gasteiger charge is -2.09. The maximum absolute atomic E-state index is 12.0. The van der Waals surface area contributed by atoms with Crippen molar-refractivity contribution in [1.29, 1.82) is 0 Å². The number of hydrogen-bond donors (Lipinski definition) is 1. The number of esters is 1. The van der Waals surface area contributed by atoms with Gasteiger partial charge in [-0.25, -0.2) is 4.79 Å². The summed E-state index contributed by atoms with van der Waals surface area (Å²) in [5.74, 6) is -0.951. The van der Waals surface area contributed by atoms with Gasteiger partial charge in [-0.3, -0.25) is 4.79 Å². The fourth-order valence-corrected chi connectivity index (χ4v) is 1.64. The molecule has 0 unspecified atom stereocenters. The number of para-hydroxylation sites is 1. The summed E-state index contributed by atoms with van der Waals surface area (Å²) in [6.07, 6.45) is 2.45. The Morgan fingerprint density at radius 3 is 2.45 bits per heavy atom. The van der Waals surface area contributed by atoms with Crippen LogP contribution in [0.2, 0.25) is 0 Å². The van der Waals surface area contributed by atoms with Crippen LogP contribution in [0.3, 0.4) is 0 Å². The summed E-state index contributed by atoms with van der Waals surface area (Å²) in [5.41, 5.74) is 0.929. The third-order valence-electron chi connectivity index (χ3n) is 2.64. The van der Waals surface area contributed by atoms with Crippen LogP contribution in [0.4, 0.5) is 5.69 Å². The second-order valence-electron chi connectivity index (χ2n) is 3.94. The van der Waals surface area contributed by atoms with Gasteiger partial charge in [-0.1, -0.05) is 12.1 Å². The highest BCUT2D eigenvalue weighted by atomic mass is 16.5. The van der Waals surface area contributed by atoms with Crippen molar-refractivity contribution in [2.24, 2.45) is 0 Å². The van der Waals surface area contributed by atoms with E-state index in [-0.39, 0.29) is 5.56 Å². The van der Waals surface area contributed by atoms with Crippen LogP contribution in [0.5, 0.6) is 0 Å². The summed E-state index contributed by atoms with van der Waals surface area (Å²) in [6, 6.07) is 9.30. The summed E-state index contributed by atoms with van der Waals surface area (Å²) in [7, 11) is 1.27. The van der Waals surface area contributed by atoms with Crippen molar-refractivity contribution in [1.82, 2.24) is 0 Å². The molecular formula is C14H12N2O4. The molecule has 20 heavy (non-hydrogen) atoms. The molecule has 1 amide bonds. The summed E-state index contributed by atoms with van der Waals surface area (Å²) >= 11 is 0. The third-order valence-corrected chi connectivity index (χ3v) is 2.64. The van der Waals surface area contributed by atoms with E-state index in [9.17, 15) is 14.8 Å². The van der Waals surface area contributed by atoms with Gasteiger partial charge in [0, 0.05) is 12.1 Å². The Morgan fingerprint density at radius 1 is 1.15 bits per heavy atom. The molecule has 0 aliphatic carbocycles. The lowest BCUT2D eigenvalue weighted by molar-refractivity contribution is -0.605. The molecule has 0 aliphatic heterocycles. The van der Waals surface area contributed by atoms with Gasteiger partial charge in [-0.05, 0) is 12.1 Å². The number of ether oxygens (including phenoxy) is 1. The third kappa shape index (κ3) is 2.92. The molecule has 1 aromatic carbocycles. The van der Waals surface area contributed by atoms with Crippen LogP contribution in [-0.4, -0.2) is 19.0 Å². The van der Waals surface area contributed by atoms with Gasteiger partial charge in [-0.15, -0.1) is 0 Å². The van der Waals surface area contributed by atoms with Crippen LogP contribution in [0.25, 0.3) is 0 Å². The predicted octanol–water partition coefficient (Wildman–Crippen LogP) is 1.36. The molecule has 1 N–H and O–H groups in total. The molecule has 102 valence electrons. The van der Waals surface area contributed by atoms with Crippen molar-refractivity contribution in [3.05, 3.63) is 65.1 Å². The molecule has 6 nitrogen and oxygen atoms in total. The van der Waals surface area contributed by atoms with E-state index in [0.717, 1.165) is 0 Å². The molecule has 0 spiro atoms. The lowest BCUT2D eigenvalue weighted by Crippen LogP contribution is -2.25. The summed E-state index contributed by atoms with van der Waals surface area (Å²) in [6.45, 7) is 0. The van der Waals surface area contributed by atoms with Crippen molar-refractivity contribution in [3.63, 3.8) is 0 Å². The summed E-state index contributed by atoms with van der Waals surface area (Å²) in [4.78, 5) is 23.6. The molecule has 0 fully saturated rings. The van der Waals surface area contributed by atoms with Gasteiger partial charge in [0.05, 0.1) is 23.9 Å². The first kappa shape index (κ1) is 13.5. The smallest absolute Gasteiger partial charge is 0.339 e. The number of nitrogens with one attached hydrogen (secondary N) is 1. The van der Waals surface area contributed by atoms with Gasteiger partial charge in [0.15, 0.2) is 12.4 Å². The zero-order chi connectivity index (χ0) is 14.5. The van der Waals surface area contributed by atoms with E-state index in [1.807, 2.05) is 0 Å². The first-order chi connectivity index (χ1) is 9.61. The normalized spacial score (nSPS) is 9.85. The maximum atomic E-state index is 12.0. The van der Waals surface area contributed by atoms with E-state index in [0.29, 0.717) is 16.0 Å². The number of hydrogen-bond acceptors (Lipinski definition) is 4. The lowest BCUT2D eigenvalue weighted by atomic mass is 10.1. The molecule has 0 saturated heterocycles. The van der Waals surface area contributed by atoms with Crippen molar-refractivity contribution in [3.8, 4) is 0 Å². The molecule has 0 saturated carbocycles. The van der Waals surface area contributed by atoms with Crippen LogP contribution >= 0.6 is 0 Å². The Bertz CT molecular complexity index is 638. The van der Waals surface area contributed by atoms with E-state index < -0.39 is 11.9 Å². The Balaban J connectivity index is 2.24. The maximum Gasteiger partial charge on any atom is 0.339 e. The molecule has 2 rings (SSSR count). The fraction of sp³-hybridized carbons (Fsp3) is 0.0714. The van der Waals surface area contributed by atoms with Gasteiger partial charge in [-0.2, -0.15) is 4.73 Å². The monoisotopic (exact) mass is 272 g/mol. The first-order valence-electron chi connectivity index (χ1n) is 5.79. The van der Waals surface area contributed by atoms with Gasteiger partial charge in [0.1, 0.15) is 0 Å². The number of anilines is 1. The average Bonchev–Trinajstić information content (AvgIpc) is 2.47. The van der Waals surface area contributed by atoms with Gasteiger partial charge in [0.25, 0.3) is 5.91 Å². The first-order valence-corrected chi connectivity index (χ1v) is 5.79. The zero-order valence-electron chi connectivity index (χ0n) is 10.7. The van der Waals surface area contributed by atoms with Crippen LogP contribution in [0.15, 0.2) is 48.8 Å². The number of benzene rings is 1. The fourth-order valence-electron chi connectivity index (χ4n) is 1.64. The number of nitrogens with zero attached hydrogens (tertiary/aromatic N) is 1. The van der Waals surface area contributed by atoms with E-state index in [1.165, 1.54) is 31.6 Å². The topological polar surface area (TPSA) is 82.3 Å². The van der Waals surface area contributed by atoms with E-state index >= 15 is 0 Å². The molecule has 1 aromatic heterocycles. The van der Waals surface area contributed by atoms with E-state index in [1.54, 1.807) is 24.3 Å². The Morgan fingerprint density at radius 2 is 1.80 bits per heavy atom. The molecule has 2 aromatic rings. The number of carbonyl (C=O) groups excluding carboxylic acids is 2. The van der Waals surface area contributed by atoms with Crippen LogP contribution in [0.1, 0.15) is 20.7 Å². The Labute approximate surface area is 115 Å². The number of amides is 1. The van der Waals surface area contributed by atoms with Crippen molar-refractivity contribution in [2.75, 3.05) is 12.4 Å². The molecule has 6 heteroatoms. The summed E-state index contributed by atoms with van der Waals surface area (Å²) in [5, 5.41) is 13.5. The standard InChI is InChI=1S/C14H12N2O4/c1-20-14(18)11-4-2-3-5-12(11)15-13(17)10-6-8-16(19)9-7-10/h2-9H,1H3,(H,15,17). The minimum atomic E-state index is -0.536. The second-order valence-corrected chi connectivity index (χ2v) is 3.94. The zero-order valence-corrected chi connectivity index (χ0v) is 10.7. The molecular weight excluding hydrogens is 260 g/mol. The molecule has 0 bridgehead atoms. The molecule has 0 atom stereocenters. The Kier molecular flexibility index (Phi) is 3.95. The van der Waals surface area contributed by atoms with E-state index in [4.69, 9.17) is 0 Å². The molecule has 1 heterocycles. The van der Waals surface area contributed by atoms with Crippen LogP contribution in [0, 0.1) is 5.21 Å². The number of rotatable bonds is 3. The average molecular weight is 272 g/mol. The highest BCUT2D eigenvalue weighted by Crippen LogP contribution is 2.16. The predicted molar refractivity (Wildman–Crippen MR) is 71.1 cm³/mol. The number of aromatic nitrogens is 1. The largest absolute Gasteiger partial charge is 0.619 e. The van der Waals surface area contributed by atoms with Crippen LogP contribution < -0.4 is 10.0 Å². The highest BCUT2D eigenvalue weighted by Gasteiger charge is 2.14. The van der Waals surface area contributed by atoms with Crippen molar-refractivity contribution >= 4 is 17.6 Å². The minimum Gasteiger partial charge on any atom is -0.619 e. The van der Waals surface area contributed by atoms with Crippen molar-refractivity contribution < 1.29 is 19.1 Å². The van der Waals surface area contributed by atoms with Crippen molar-refractivity contribution in [2.45, 2.75) is 0 Å². The number of methoxy groups -OCH3 is 1. The molecule has 0 aliphatic rings. The number of pyridine rings is 1. The van der Waals surface area contributed by atoms with Gasteiger partial charge >= 0.3 is 5.97 Å². The van der Waals surface area contributed by atoms with Gasteiger partial charge in [0.2, 0.25) is 0 Å². The minimum absolute atomic E-state index is 0.262. The number of carbonyl (C=O) groups is 2. The second kappa shape index (κ2) is 5.83. The summed E-state index contributed by atoms with van der Waals surface area (Å²) < 4.78 is 5.23. The van der Waals surface area contributed by atoms with E-state index in [2.05, 4.69) is 10.1 Å². The molecule has 0 radical (unpaired) electrons. The SMILES string of the molecule is COC(=O)c1ccccc1NC(=O)c1cc[n+]([O-])cc1. The van der Waals surface area contributed by atoms with Gasteiger partial charge < -0.3 is 15.3 Å².